The van der Waals surface area contributed by atoms with Crippen LogP contribution in [0.2, 0.25) is 5.02 Å². The van der Waals surface area contributed by atoms with Gasteiger partial charge < -0.3 is 20.7 Å². The lowest BCUT2D eigenvalue weighted by atomic mass is 9.93. The second kappa shape index (κ2) is 10.9. The van der Waals surface area contributed by atoms with E-state index in [0.717, 1.165) is 0 Å². The van der Waals surface area contributed by atoms with Crippen LogP contribution in [-0.4, -0.2) is 54.8 Å². The molecule has 32 heavy (non-hydrogen) atoms. The van der Waals surface area contributed by atoms with Gasteiger partial charge in [0, 0.05) is 24.0 Å². The van der Waals surface area contributed by atoms with E-state index >= 15 is 0 Å². The largest absolute Gasteiger partial charge is 0.447 e. The number of hydrogen-bond acceptors (Lipinski definition) is 6. The Hall–Kier alpha value is -3.14. The lowest BCUT2D eigenvalue weighted by molar-refractivity contribution is -0.139. The van der Waals surface area contributed by atoms with Crippen molar-refractivity contribution < 1.29 is 28.7 Å². The molecule has 0 aliphatic carbocycles. The first kappa shape index (κ1) is 25.1. The van der Waals surface area contributed by atoms with Crippen LogP contribution in [0.25, 0.3) is 0 Å². The van der Waals surface area contributed by atoms with Crippen molar-refractivity contribution in [1.29, 1.82) is 0 Å². The summed E-state index contributed by atoms with van der Waals surface area (Å²) >= 11 is 6.02. The molecule has 3 atom stereocenters. The molecule has 174 valence electrons. The molecule has 10 nitrogen and oxygen atoms in total. The van der Waals surface area contributed by atoms with Crippen LogP contribution in [0, 0.1) is 5.92 Å². The number of Topliss-reactive ketones (excluding diaryl/α,β-unsaturated/α-hetero) is 1. The van der Waals surface area contributed by atoms with Crippen LogP contribution in [0.4, 0.5) is 10.5 Å². The molecule has 1 aromatic carbocycles. The van der Waals surface area contributed by atoms with Crippen LogP contribution in [0.1, 0.15) is 44.0 Å². The van der Waals surface area contributed by atoms with Crippen LogP contribution < -0.4 is 21.3 Å². The summed E-state index contributed by atoms with van der Waals surface area (Å²) in [4.78, 5) is 61.7. The monoisotopic (exact) mass is 466 g/mol. The second-order valence-corrected chi connectivity index (χ2v) is 8.25. The van der Waals surface area contributed by atoms with Gasteiger partial charge in [0.15, 0.2) is 0 Å². The summed E-state index contributed by atoms with van der Waals surface area (Å²) in [5.41, 5.74) is 0.0769. The van der Waals surface area contributed by atoms with Crippen molar-refractivity contribution in [1.82, 2.24) is 16.0 Å². The minimum Gasteiger partial charge on any atom is -0.447 e. The van der Waals surface area contributed by atoms with E-state index in [1.54, 1.807) is 13.8 Å². The first-order valence-electron chi connectivity index (χ1n) is 10.2. The zero-order valence-corrected chi connectivity index (χ0v) is 19.0. The molecule has 0 spiro atoms. The molecule has 2 rings (SSSR count). The average Bonchev–Trinajstić information content (AvgIpc) is 3.03. The molecule has 1 heterocycles. The Morgan fingerprint density at radius 3 is 2.50 bits per heavy atom. The van der Waals surface area contributed by atoms with Crippen molar-refractivity contribution in [2.45, 2.75) is 51.8 Å². The van der Waals surface area contributed by atoms with E-state index in [1.807, 2.05) is 6.92 Å². The first-order chi connectivity index (χ1) is 15.0. The zero-order chi connectivity index (χ0) is 24.0. The third-order valence-electron chi connectivity index (χ3n) is 4.80. The van der Waals surface area contributed by atoms with Gasteiger partial charge in [-0.2, -0.15) is 0 Å². The van der Waals surface area contributed by atoms with E-state index in [4.69, 9.17) is 16.3 Å². The Morgan fingerprint density at radius 1 is 1.25 bits per heavy atom. The maximum atomic E-state index is 13.0. The number of benzene rings is 1. The fraction of sp³-hybridized carbons (Fsp3) is 0.476. The molecule has 1 saturated heterocycles. The van der Waals surface area contributed by atoms with Crippen molar-refractivity contribution in [3.63, 3.8) is 0 Å². The fourth-order valence-corrected chi connectivity index (χ4v) is 3.53. The lowest BCUT2D eigenvalue weighted by Crippen LogP contribution is -2.48. The van der Waals surface area contributed by atoms with E-state index in [1.165, 1.54) is 25.2 Å². The third kappa shape index (κ3) is 6.68. The first-order valence-corrected chi connectivity index (χ1v) is 10.5. The van der Waals surface area contributed by atoms with Gasteiger partial charge in [0.2, 0.25) is 11.7 Å². The summed E-state index contributed by atoms with van der Waals surface area (Å²) in [6.07, 6.45) is -0.732. The molecule has 1 aliphatic heterocycles. The Balaban J connectivity index is 2.27. The van der Waals surface area contributed by atoms with E-state index in [2.05, 4.69) is 21.3 Å². The Bertz CT molecular complexity index is 920. The van der Waals surface area contributed by atoms with Crippen LogP contribution in [0.15, 0.2) is 18.2 Å². The van der Waals surface area contributed by atoms with Gasteiger partial charge in [-0.3, -0.25) is 24.5 Å². The molecule has 4 N–H and O–H groups in total. The van der Waals surface area contributed by atoms with Crippen molar-refractivity contribution in [2.75, 3.05) is 12.4 Å². The quantitative estimate of drug-likeness (QED) is 0.429. The van der Waals surface area contributed by atoms with Gasteiger partial charge in [0.05, 0.1) is 23.4 Å². The standard InChI is InChI=1S/C21H27ClN4O6/c1-10(2)32-21(31)26-15-6-5-13(22)9-14(15)19(29)25-16(17(27)20(30)23-4)8-12-7-11(3)24-18(12)28/h5-6,9-12,16H,7-8H2,1-4H3,(H,23,30)(H,24,28)(H,25,29)(H,26,31)/t11-,12+,16+/m1/s1. The number of hydrogen-bond donors (Lipinski definition) is 4. The molecule has 0 unspecified atom stereocenters. The molecule has 0 radical (unpaired) electrons. The summed E-state index contributed by atoms with van der Waals surface area (Å²) in [5, 5.41) is 10.2. The number of carbonyl (C=O) groups excluding carboxylic acids is 5. The number of ketones is 1. The van der Waals surface area contributed by atoms with Crippen molar-refractivity contribution in [3.8, 4) is 0 Å². The van der Waals surface area contributed by atoms with Crippen LogP contribution in [0.5, 0.6) is 0 Å². The number of amides is 4. The minimum absolute atomic E-state index is 0.0304. The lowest BCUT2D eigenvalue weighted by Gasteiger charge is -2.20. The number of likely N-dealkylation sites (N-methyl/N-ethyl adjacent to an activating group) is 1. The molecule has 0 bridgehead atoms. The molecule has 4 amide bonds. The highest BCUT2D eigenvalue weighted by Crippen LogP contribution is 2.24. The topological polar surface area (TPSA) is 143 Å². The van der Waals surface area contributed by atoms with Gasteiger partial charge in [-0.05, 0) is 51.8 Å². The number of nitrogens with one attached hydrogen (secondary N) is 4. The van der Waals surface area contributed by atoms with Gasteiger partial charge in [-0.15, -0.1) is 0 Å². The van der Waals surface area contributed by atoms with E-state index in [-0.39, 0.29) is 40.7 Å². The molecule has 1 aliphatic rings. The molecule has 0 aromatic heterocycles. The Morgan fingerprint density at radius 2 is 1.94 bits per heavy atom. The average molecular weight is 467 g/mol. The summed E-state index contributed by atoms with van der Waals surface area (Å²) in [6, 6.07) is 2.88. The summed E-state index contributed by atoms with van der Waals surface area (Å²) in [7, 11) is 1.29. The molecular weight excluding hydrogens is 440 g/mol. The van der Waals surface area contributed by atoms with Crippen molar-refractivity contribution in [3.05, 3.63) is 28.8 Å². The number of rotatable bonds is 8. The fourth-order valence-electron chi connectivity index (χ4n) is 3.36. The highest BCUT2D eigenvalue weighted by molar-refractivity contribution is 6.38. The molecular formula is C21H27ClN4O6. The maximum absolute atomic E-state index is 13.0. The predicted octanol–water partition coefficient (Wildman–Crippen LogP) is 1.63. The SMILES string of the molecule is CNC(=O)C(=O)[C@H](C[C@@H]1C[C@@H](C)NC1=O)NC(=O)c1cc(Cl)ccc1NC(=O)OC(C)C. The number of carbonyl (C=O) groups is 5. The van der Waals surface area contributed by atoms with Crippen LogP contribution in [-0.2, 0) is 19.1 Å². The predicted molar refractivity (Wildman–Crippen MR) is 117 cm³/mol. The molecule has 11 heteroatoms. The van der Waals surface area contributed by atoms with E-state index in [9.17, 15) is 24.0 Å². The third-order valence-corrected chi connectivity index (χ3v) is 5.03. The molecule has 0 saturated carbocycles. The van der Waals surface area contributed by atoms with Crippen LogP contribution in [0.3, 0.4) is 0 Å². The zero-order valence-electron chi connectivity index (χ0n) is 18.3. The van der Waals surface area contributed by atoms with Gasteiger partial charge in [-0.25, -0.2) is 4.79 Å². The van der Waals surface area contributed by atoms with Crippen molar-refractivity contribution in [2.24, 2.45) is 5.92 Å². The van der Waals surface area contributed by atoms with Crippen LogP contribution >= 0.6 is 11.6 Å². The van der Waals surface area contributed by atoms with Gasteiger partial charge in [0.25, 0.3) is 11.8 Å². The van der Waals surface area contributed by atoms with E-state index in [0.29, 0.717) is 6.42 Å². The summed E-state index contributed by atoms with van der Waals surface area (Å²) in [6.45, 7) is 5.17. The van der Waals surface area contributed by atoms with Crippen molar-refractivity contribution >= 4 is 46.9 Å². The summed E-state index contributed by atoms with van der Waals surface area (Å²) < 4.78 is 5.03. The highest BCUT2D eigenvalue weighted by atomic mass is 35.5. The van der Waals surface area contributed by atoms with E-state index < -0.39 is 35.7 Å². The van der Waals surface area contributed by atoms with Gasteiger partial charge in [0.1, 0.15) is 0 Å². The van der Waals surface area contributed by atoms with Gasteiger partial charge in [-0.1, -0.05) is 11.6 Å². The number of ether oxygens (including phenoxy) is 1. The highest BCUT2D eigenvalue weighted by Gasteiger charge is 2.36. The molecule has 1 fully saturated rings. The second-order valence-electron chi connectivity index (χ2n) is 7.82. The normalized spacial score (nSPS) is 18.5. The maximum Gasteiger partial charge on any atom is 0.411 e. The Kier molecular flexibility index (Phi) is 8.59. The Labute approximate surface area is 190 Å². The number of halogens is 1. The number of anilines is 1. The van der Waals surface area contributed by atoms with Gasteiger partial charge >= 0.3 is 6.09 Å². The summed E-state index contributed by atoms with van der Waals surface area (Å²) in [5.74, 6) is -3.32. The molecule has 1 aromatic rings. The minimum atomic E-state index is -1.25. The smallest absolute Gasteiger partial charge is 0.411 e.